The molecule has 154 valence electrons. The second kappa shape index (κ2) is 9.59. The number of aromatic nitrogens is 2. The minimum absolute atomic E-state index is 0.0632. The number of esters is 2. The van der Waals surface area contributed by atoms with Crippen molar-refractivity contribution in [2.24, 2.45) is 0 Å². The van der Waals surface area contributed by atoms with Crippen molar-refractivity contribution in [1.82, 2.24) is 15.3 Å². The van der Waals surface area contributed by atoms with Gasteiger partial charge in [0.15, 0.2) is 18.1 Å². The lowest BCUT2D eigenvalue weighted by atomic mass is 10.1. The number of amides is 2. The summed E-state index contributed by atoms with van der Waals surface area (Å²) in [6.45, 7) is 2.66. The van der Waals surface area contributed by atoms with Crippen molar-refractivity contribution in [3.63, 3.8) is 0 Å². The molecular weight excluding hydrogens is 402 g/mol. The van der Waals surface area contributed by atoms with Crippen LogP contribution in [0.5, 0.6) is 0 Å². The van der Waals surface area contributed by atoms with Crippen molar-refractivity contribution in [2.75, 3.05) is 31.3 Å². The topological polar surface area (TPSA) is 163 Å². The Kier molecular flexibility index (Phi) is 7.20. The zero-order chi connectivity index (χ0) is 21.6. The smallest absolute Gasteiger partial charge is 0.361 e. The fraction of sp³-hybridized carbons (Fsp3) is 0.294. The van der Waals surface area contributed by atoms with Gasteiger partial charge in [-0.05, 0) is 19.4 Å². The molecule has 0 aliphatic rings. The number of nitrogens with two attached hydrogens (primary N) is 1. The molecule has 0 fully saturated rings. The first-order chi connectivity index (χ1) is 13.8. The lowest BCUT2D eigenvalue weighted by Crippen LogP contribution is -2.22. The maximum Gasteiger partial charge on any atom is 0.361 e. The van der Waals surface area contributed by atoms with Crippen LogP contribution in [0.2, 0.25) is 0 Å². The molecule has 4 N–H and O–H groups in total. The average molecular weight is 421 g/mol. The zero-order valence-electron chi connectivity index (χ0n) is 15.9. The van der Waals surface area contributed by atoms with Crippen LogP contribution in [0, 0.1) is 6.92 Å². The minimum atomic E-state index is -0.926. The number of ether oxygens (including phenoxy) is 2. The number of hydrogen-bond acceptors (Lipinski definition) is 10. The molecular formula is C17H19N5O6S. The average Bonchev–Trinajstić information content (AvgIpc) is 3.01. The molecule has 0 aromatic carbocycles. The van der Waals surface area contributed by atoms with E-state index in [4.69, 9.17) is 15.2 Å². The number of hydrogen-bond donors (Lipinski definition) is 3. The quantitative estimate of drug-likeness (QED) is 0.548. The van der Waals surface area contributed by atoms with Crippen LogP contribution in [-0.2, 0) is 14.3 Å². The Hall–Kier alpha value is -3.54. The number of nitrogen functional groups attached to an aromatic ring is 1. The number of anilines is 2. The summed E-state index contributed by atoms with van der Waals surface area (Å²) in [7, 11) is 1.45. The van der Waals surface area contributed by atoms with E-state index in [0.717, 1.165) is 11.3 Å². The summed E-state index contributed by atoms with van der Waals surface area (Å²) in [5.74, 6) is -2.88. The van der Waals surface area contributed by atoms with Gasteiger partial charge in [0, 0.05) is 19.4 Å². The standard InChI is InChI=1S/C17H19N5O6S/c1-4-27-16(25)10-8(2)12(14(24)19-3)29-15(10)22-9(23)7-28-17(26)11-13(18)21-6-5-20-11/h5-6H,4,7H2,1-3H3,(H2,18,21)(H,19,24)(H,22,23). The third-order valence-corrected chi connectivity index (χ3v) is 4.77. The minimum Gasteiger partial charge on any atom is -0.462 e. The summed E-state index contributed by atoms with van der Waals surface area (Å²) in [6.07, 6.45) is 2.56. The fourth-order valence-electron chi connectivity index (χ4n) is 2.25. The van der Waals surface area contributed by atoms with Gasteiger partial charge in [0.25, 0.3) is 11.8 Å². The van der Waals surface area contributed by atoms with Crippen molar-refractivity contribution in [2.45, 2.75) is 13.8 Å². The van der Waals surface area contributed by atoms with Crippen molar-refractivity contribution in [3.8, 4) is 0 Å². The first-order valence-electron chi connectivity index (χ1n) is 8.36. The maximum atomic E-state index is 12.3. The van der Waals surface area contributed by atoms with Crippen LogP contribution in [-0.4, -0.2) is 54.0 Å². The molecule has 11 nitrogen and oxygen atoms in total. The van der Waals surface area contributed by atoms with Crippen molar-refractivity contribution < 1.29 is 28.7 Å². The molecule has 0 spiro atoms. The predicted molar refractivity (Wildman–Crippen MR) is 104 cm³/mol. The molecule has 0 saturated heterocycles. The van der Waals surface area contributed by atoms with Crippen LogP contribution in [0.3, 0.4) is 0 Å². The van der Waals surface area contributed by atoms with E-state index in [1.165, 1.54) is 19.4 Å². The number of rotatable bonds is 7. The summed E-state index contributed by atoms with van der Waals surface area (Å²) in [6, 6.07) is 0. The first-order valence-corrected chi connectivity index (χ1v) is 9.17. The summed E-state index contributed by atoms with van der Waals surface area (Å²) in [5.41, 5.74) is 5.74. The molecule has 0 aliphatic heterocycles. The second-order valence-corrected chi connectivity index (χ2v) is 6.50. The molecule has 2 amide bonds. The molecule has 0 aliphatic carbocycles. The lowest BCUT2D eigenvalue weighted by molar-refractivity contribution is -0.119. The van der Waals surface area contributed by atoms with Crippen molar-refractivity contribution in [3.05, 3.63) is 34.1 Å². The Balaban J connectivity index is 2.16. The number of thiophene rings is 1. The van der Waals surface area contributed by atoms with Gasteiger partial charge in [0.05, 0.1) is 17.0 Å². The van der Waals surface area contributed by atoms with E-state index in [1.54, 1.807) is 13.8 Å². The van der Waals surface area contributed by atoms with Gasteiger partial charge >= 0.3 is 11.9 Å². The zero-order valence-corrected chi connectivity index (χ0v) is 16.7. The SMILES string of the molecule is CCOC(=O)c1c(NC(=O)COC(=O)c2nccnc2N)sc(C(=O)NC)c1C. The largest absolute Gasteiger partial charge is 0.462 e. The fourth-order valence-corrected chi connectivity index (χ4v) is 3.41. The Morgan fingerprint density at radius 3 is 2.45 bits per heavy atom. The number of nitrogens with one attached hydrogen (secondary N) is 2. The van der Waals surface area contributed by atoms with Gasteiger partial charge in [-0.2, -0.15) is 0 Å². The monoisotopic (exact) mass is 421 g/mol. The molecule has 0 bridgehead atoms. The van der Waals surface area contributed by atoms with Gasteiger partial charge < -0.3 is 25.8 Å². The molecule has 0 radical (unpaired) electrons. The van der Waals surface area contributed by atoms with Gasteiger partial charge in [-0.3, -0.25) is 9.59 Å². The highest BCUT2D eigenvalue weighted by Crippen LogP contribution is 2.33. The molecule has 29 heavy (non-hydrogen) atoms. The lowest BCUT2D eigenvalue weighted by Gasteiger charge is -2.08. The summed E-state index contributed by atoms with van der Waals surface area (Å²) in [5, 5.41) is 5.04. The van der Waals surface area contributed by atoms with Crippen LogP contribution in [0.15, 0.2) is 12.4 Å². The summed E-state index contributed by atoms with van der Waals surface area (Å²) >= 11 is 0.907. The Morgan fingerprint density at radius 2 is 1.83 bits per heavy atom. The van der Waals surface area contributed by atoms with Gasteiger partial charge in [-0.25, -0.2) is 19.6 Å². The van der Waals surface area contributed by atoms with E-state index in [0.29, 0.717) is 5.56 Å². The number of carbonyl (C=O) groups excluding carboxylic acids is 4. The summed E-state index contributed by atoms with van der Waals surface area (Å²) in [4.78, 5) is 56.2. The molecule has 0 atom stereocenters. The van der Waals surface area contributed by atoms with Crippen molar-refractivity contribution in [1.29, 1.82) is 0 Å². The number of carbonyl (C=O) groups is 4. The van der Waals surface area contributed by atoms with Crippen LogP contribution in [0.1, 0.15) is 43.0 Å². The van der Waals surface area contributed by atoms with Crippen LogP contribution >= 0.6 is 11.3 Å². The third kappa shape index (κ3) is 5.04. The predicted octanol–water partition coefficient (Wildman–Crippen LogP) is 0.761. The third-order valence-electron chi connectivity index (χ3n) is 3.57. The van der Waals surface area contributed by atoms with Gasteiger partial charge in [0.1, 0.15) is 5.00 Å². The molecule has 2 aromatic rings. The molecule has 2 heterocycles. The Morgan fingerprint density at radius 1 is 1.14 bits per heavy atom. The van der Waals surface area contributed by atoms with Crippen molar-refractivity contribution >= 4 is 45.9 Å². The molecule has 0 saturated carbocycles. The van der Waals surface area contributed by atoms with E-state index in [1.807, 2.05) is 0 Å². The Labute approximate surface area is 169 Å². The maximum absolute atomic E-state index is 12.3. The molecule has 12 heteroatoms. The number of nitrogens with zero attached hydrogens (tertiary/aromatic N) is 2. The Bertz CT molecular complexity index is 958. The molecule has 0 unspecified atom stereocenters. The normalized spacial score (nSPS) is 10.2. The van der Waals surface area contributed by atoms with E-state index >= 15 is 0 Å². The highest BCUT2D eigenvalue weighted by atomic mass is 32.1. The van der Waals surface area contributed by atoms with Crippen LogP contribution < -0.4 is 16.4 Å². The highest BCUT2D eigenvalue weighted by molar-refractivity contribution is 7.18. The summed E-state index contributed by atoms with van der Waals surface area (Å²) < 4.78 is 9.87. The van der Waals surface area contributed by atoms with E-state index < -0.39 is 30.4 Å². The second-order valence-electron chi connectivity index (χ2n) is 5.47. The van der Waals surface area contributed by atoms with Gasteiger partial charge in [-0.1, -0.05) is 0 Å². The molecule has 2 rings (SSSR count). The van der Waals surface area contributed by atoms with E-state index in [9.17, 15) is 19.2 Å². The van der Waals surface area contributed by atoms with Crippen LogP contribution in [0.25, 0.3) is 0 Å². The van der Waals surface area contributed by atoms with Crippen LogP contribution in [0.4, 0.5) is 10.8 Å². The van der Waals surface area contributed by atoms with E-state index in [-0.39, 0.29) is 33.6 Å². The van der Waals surface area contributed by atoms with Gasteiger partial charge in [0.2, 0.25) is 0 Å². The van der Waals surface area contributed by atoms with E-state index in [2.05, 4.69) is 20.6 Å². The highest BCUT2D eigenvalue weighted by Gasteiger charge is 2.26. The van der Waals surface area contributed by atoms with Gasteiger partial charge in [-0.15, -0.1) is 11.3 Å². The molecule has 2 aromatic heterocycles. The first kappa shape index (κ1) is 21.8.